The molecule has 2 heterocycles. The minimum atomic E-state index is -0.0877. The van der Waals surface area contributed by atoms with Gasteiger partial charge in [0.15, 0.2) is 0 Å². The van der Waals surface area contributed by atoms with Gasteiger partial charge in [0.2, 0.25) is 5.16 Å². The molecule has 0 unspecified atom stereocenters. The molecule has 6 nitrogen and oxygen atoms in total. The van der Waals surface area contributed by atoms with Crippen molar-refractivity contribution in [3.05, 3.63) is 101 Å². The van der Waals surface area contributed by atoms with Crippen LogP contribution in [0.2, 0.25) is 0 Å². The van der Waals surface area contributed by atoms with Crippen LogP contribution in [0.1, 0.15) is 32.9 Å². The monoisotopic (exact) mass is 453 g/mol. The summed E-state index contributed by atoms with van der Waals surface area (Å²) < 4.78 is 1.75. The summed E-state index contributed by atoms with van der Waals surface area (Å²) in [5, 5.41) is 10.6. The first kappa shape index (κ1) is 21.2. The molecule has 0 radical (unpaired) electrons. The molecule has 0 aliphatic heterocycles. The molecular weight excluding hydrogens is 430 g/mol. The Hall–Kier alpha value is -3.71. The zero-order valence-electron chi connectivity index (χ0n) is 18.4. The molecule has 0 fully saturated rings. The Labute approximate surface area is 196 Å². The number of amides is 1. The zero-order valence-corrected chi connectivity index (χ0v) is 19.3. The molecule has 1 amide bonds. The Kier molecular flexibility index (Phi) is 5.79. The van der Waals surface area contributed by atoms with Crippen molar-refractivity contribution >= 4 is 34.2 Å². The third kappa shape index (κ3) is 4.45. The first-order chi connectivity index (χ1) is 16.1. The number of rotatable bonds is 6. The fourth-order valence-electron chi connectivity index (χ4n) is 3.94. The maximum Gasteiger partial charge on any atom is 0.253 e. The molecule has 164 valence electrons. The van der Waals surface area contributed by atoms with E-state index >= 15 is 0 Å². The average Bonchev–Trinajstić information content (AvgIpc) is 3.24. The van der Waals surface area contributed by atoms with Gasteiger partial charge in [-0.25, -0.2) is 9.50 Å². The van der Waals surface area contributed by atoms with E-state index in [0.717, 1.165) is 27.9 Å². The zero-order chi connectivity index (χ0) is 22.8. The molecule has 33 heavy (non-hydrogen) atoms. The number of fused-ring (bicyclic) bond motifs is 2. The van der Waals surface area contributed by atoms with Gasteiger partial charge in [0.1, 0.15) is 0 Å². The van der Waals surface area contributed by atoms with Gasteiger partial charge in [-0.2, -0.15) is 4.98 Å². The number of aromatic nitrogens is 4. The summed E-state index contributed by atoms with van der Waals surface area (Å²) in [7, 11) is 0. The van der Waals surface area contributed by atoms with Crippen LogP contribution >= 0.6 is 11.8 Å². The van der Waals surface area contributed by atoms with E-state index in [9.17, 15) is 4.79 Å². The van der Waals surface area contributed by atoms with E-state index < -0.39 is 0 Å². The molecule has 0 saturated heterocycles. The van der Waals surface area contributed by atoms with Crippen LogP contribution < -0.4 is 5.32 Å². The van der Waals surface area contributed by atoms with Crippen LogP contribution in [0.3, 0.4) is 0 Å². The number of carbonyl (C=O) groups excluding carboxylic acids is 1. The SMILES string of the molecule is Cc1cc(C)n2nc(SCc3ccccc3C(=O)NCc3cccc4ccccc34)nc2n1. The number of carbonyl (C=O) groups is 1. The van der Waals surface area contributed by atoms with Gasteiger partial charge in [-0.05, 0) is 47.9 Å². The Bertz CT molecular complexity index is 1470. The van der Waals surface area contributed by atoms with Gasteiger partial charge in [-0.15, -0.1) is 5.10 Å². The number of benzene rings is 3. The van der Waals surface area contributed by atoms with Crippen molar-refractivity contribution in [3.63, 3.8) is 0 Å². The van der Waals surface area contributed by atoms with Gasteiger partial charge in [-0.3, -0.25) is 4.79 Å². The lowest BCUT2D eigenvalue weighted by molar-refractivity contribution is 0.0950. The van der Waals surface area contributed by atoms with Gasteiger partial charge >= 0.3 is 0 Å². The van der Waals surface area contributed by atoms with Crippen LogP contribution in [-0.4, -0.2) is 25.5 Å². The first-order valence-corrected chi connectivity index (χ1v) is 11.7. The fraction of sp³-hybridized carbons (Fsp3) is 0.154. The van der Waals surface area contributed by atoms with Gasteiger partial charge < -0.3 is 5.32 Å². The van der Waals surface area contributed by atoms with Crippen molar-refractivity contribution < 1.29 is 4.79 Å². The molecule has 0 saturated carbocycles. The highest BCUT2D eigenvalue weighted by Crippen LogP contribution is 2.23. The summed E-state index contributed by atoms with van der Waals surface area (Å²) in [4.78, 5) is 22.0. The van der Waals surface area contributed by atoms with Crippen molar-refractivity contribution in [2.24, 2.45) is 0 Å². The highest BCUT2D eigenvalue weighted by atomic mass is 32.2. The molecule has 5 rings (SSSR count). The van der Waals surface area contributed by atoms with Gasteiger partial charge in [0.05, 0.1) is 0 Å². The van der Waals surface area contributed by atoms with Crippen LogP contribution in [0.4, 0.5) is 0 Å². The largest absolute Gasteiger partial charge is 0.348 e. The Morgan fingerprint density at radius 1 is 0.939 bits per heavy atom. The van der Waals surface area contributed by atoms with Crippen LogP contribution in [0.5, 0.6) is 0 Å². The molecule has 0 bridgehead atoms. The Balaban J connectivity index is 1.31. The minimum absolute atomic E-state index is 0.0877. The fourth-order valence-corrected chi connectivity index (χ4v) is 4.76. The van der Waals surface area contributed by atoms with Gasteiger partial charge in [0.25, 0.3) is 11.7 Å². The van der Waals surface area contributed by atoms with Gasteiger partial charge in [0, 0.05) is 29.2 Å². The van der Waals surface area contributed by atoms with Crippen molar-refractivity contribution in [1.82, 2.24) is 24.9 Å². The van der Waals surface area contributed by atoms with Gasteiger partial charge in [-0.1, -0.05) is 72.4 Å². The van der Waals surface area contributed by atoms with Crippen molar-refractivity contribution in [1.29, 1.82) is 0 Å². The Morgan fingerprint density at radius 2 is 1.70 bits per heavy atom. The number of hydrogen-bond acceptors (Lipinski definition) is 5. The molecule has 0 aliphatic rings. The van der Waals surface area contributed by atoms with E-state index in [1.165, 1.54) is 17.1 Å². The van der Waals surface area contributed by atoms with Crippen molar-refractivity contribution in [3.8, 4) is 0 Å². The number of aryl methyl sites for hydroxylation is 2. The predicted octanol–water partition coefficient (Wildman–Crippen LogP) is 5.12. The van der Waals surface area contributed by atoms with Crippen LogP contribution in [-0.2, 0) is 12.3 Å². The molecule has 3 aromatic carbocycles. The van der Waals surface area contributed by atoms with E-state index in [-0.39, 0.29) is 5.91 Å². The Morgan fingerprint density at radius 3 is 2.61 bits per heavy atom. The smallest absolute Gasteiger partial charge is 0.253 e. The number of nitrogens with zero attached hydrogens (tertiary/aromatic N) is 4. The number of thioether (sulfide) groups is 1. The maximum absolute atomic E-state index is 13.0. The summed E-state index contributed by atoms with van der Waals surface area (Å²) in [5.41, 5.74) is 4.61. The second-order valence-electron chi connectivity index (χ2n) is 7.91. The van der Waals surface area contributed by atoms with Crippen LogP contribution in [0, 0.1) is 13.8 Å². The summed E-state index contributed by atoms with van der Waals surface area (Å²) in [6.07, 6.45) is 0. The van der Waals surface area contributed by atoms with Crippen molar-refractivity contribution in [2.45, 2.75) is 31.3 Å². The van der Waals surface area contributed by atoms with Crippen molar-refractivity contribution in [2.75, 3.05) is 0 Å². The molecular formula is C26H23N5OS. The lowest BCUT2D eigenvalue weighted by Gasteiger charge is -2.11. The summed E-state index contributed by atoms with van der Waals surface area (Å²) in [6.45, 7) is 4.40. The standard InChI is InChI=1S/C26H23N5OS/c1-17-14-18(2)31-25(28-17)29-26(30-31)33-16-21-9-4-6-13-23(21)24(32)27-15-20-11-7-10-19-8-3-5-12-22(19)20/h3-14H,15-16H2,1-2H3,(H,27,32). The van der Waals surface area contributed by atoms with E-state index in [0.29, 0.717) is 28.8 Å². The molecule has 0 spiro atoms. The minimum Gasteiger partial charge on any atom is -0.348 e. The average molecular weight is 454 g/mol. The number of hydrogen-bond donors (Lipinski definition) is 1. The van der Waals surface area contributed by atoms with E-state index in [4.69, 9.17) is 0 Å². The highest BCUT2D eigenvalue weighted by molar-refractivity contribution is 7.98. The van der Waals surface area contributed by atoms with Crippen LogP contribution in [0.15, 0.2) is 78.0 Å². The summed E-state index contributed by atoms with van der Waals surface area (Å²) >= 11 is 1.50. The topological polar surface area (TPSA) is 72.2 Å². The van der Waals surface area contributed by atoms with Crippen LogP contribution in [0.25, 0.3) is 16.6 Å². The lowest BCUT2D eigenvalue weighted by Crippen LogP contribution is -2.24. The molecule has 1 N–H and O–H groups in total. The third-order valence-electron chi connectivity index (χ3n) is 5.54. The normalized spacial score (nSPS) is 11.2. The molecule has 5 aromatic rings. The molecule has 0 atom stereocenters. The highest BCUT2D eigenvalue weighted by Gasteiger charge is 2.14. The summed E-state index contributed by atoms with van der Waals surface area (Å²) in [5.74, 6) is 1.10. The molecule has 7 heteroatoms. The lowest BCUT2D eigenvalue weighted by atomic mass is 10.0. The maximum atomic E-state index is 13.0. The molecule has 0 aliphatic carbocycles. The second kappa shape index (κ2) is 9.03. The quantitative estimate of drug-likeness (QED) is 0.362. The predicted molar refractivity (Wildman–Crippen MR) is 131 cm³/mol. The summed E-state index contributed by atoms with van der Waals surface area (Å²) in [6, 6.07) is 24.0. The number of nitrogens with one attached hydrogen (secondary N) is 1. The van der Waals surface area contributed by atoms with E-state index in [1.54, 1.807) is 4.52 Å². The van der Waals surface area contributed by atoms with E-state index in [1.807, 2.05) is 62.4 Å². The van der Waals surface area contributed by atoms with E-state index in [2.05, 4.69) is 44.6 Å². The second-order valence-corrected chi connectivity index (χ2v) is 8.85. The third-order valence-corrected chi connectivity index (χ3v) is 6.42. The first-order valence-electron chi connectivity index (χ1n) is 10.7. The molecule has 2 aromatic heterocycles.